The number of thioether (sulfide) groups is 1. The van der Waals surface area contributed by atoms with Crippen LogP contribution in [0.5, 0.6) is 0 Å². The number of anilines is 1. The van der Waals surface area contributed by atoms with Gasteiger partial charge in [0, 0.05) is 22.6 Å². The molecule has 28 heavy (non-hydrogen) atoms. The number of nitrogens with zero attached hydrogens (tertiary/aromatic N) is 2. The molecule has 142 valence electrons. The van der Waals surface area contributed by atoms with Gasteiger partial charge in [0.25, 0.3) is 0 Å². The Kier molecular flexibility index (Phi) is 5.16. The Morgan fingerprint density at radius 1 is 1.14 bits per heavy atom. The fourth-order valence-electron chi connectivity index (χ4n) is 2.95. The largest absolute Gasteiger partial charge is 0.361 e. The molecule has 7 heteroatoms. The smallest absolute Gasteiger partial charge is 0.234 e. The molecule has 0 saturated heterocycles. The number of fused-ring (bicyclic) bond motifs is 1. The molecule has 4 aromatic rings. The highest BCUT2D eigenvalue weighted by Gasteiger charge is 2.11. The van der Waals surface area contributed by atoms with E-state index < -0.39 is 0 Å². The fraction of sp³-hybridized carbons (Fsp3) is 0.190. The molecule has 0 unspecified atom stereocenters. The van der Waals surface area contributed by atoms with Crippen molar-refractivity contribution in [3.8, 4) is 11.4 Å². The minimum absolute atomic E-state index is 0.0340. The summed E-state index contributed by atoms with van der Waals surface area (Å²) in [5, 5.41) is 6.86. The number of rotatable bonds is 6. The lowest BCUT2D eigenvalue weighted by Crippen LogP contribution is -2.14. The number of aryl methyl sites for hydroxylation is 2. The van der Waals surface area contributed by atoms with E-state index in [9.17, 15) is 4.79 Å². The predicted octanol–water partition coefficient (Wildman–Crippen LogP) is 4.71. The van der Waals surface area contributed by atoms with Crippen molar-refractivity contribution in [1.82, 2.24) is 15.1 Å². The second kappa shape index (κ2) is 7.90. The van der Waals surface area contributed by atoms with Crippen LogP contribution < -0.4 is 5.32 Å². The molecular weight excluding hydrogens is 372 g/mol. The summed E-state index contributed by atoms with van der Waals surface area (Å²) in [7, 11) is 0. The number of para-hydroxylation sites is 2. The molecule has 6 nitrogen and oxygen atoms in total. The van der Waals surface area contributed by atoms with Gasteiger partial charge in [-0.15, -0.1) is 11.8 Å². The number of amides is 1. The maximum Gasteiger partial charge on any atom is 0.234 e. The van der Waals surface area contributed by atoms with E-state index in [0.717, 1.165) is 45.1 Å². The van der Waals surface area contributed by atoms with E-state index in [2.05, 4.69) is 20.4 Å². The third-order valence-corrected chi connectivity index (χ3v) is 5.45. The van der Waals surface area contributed by atoms with E-state index >= 15 is 0 Å². The molecule has 0 spiro atoms. The summed E-state index contributed by atoms with van der Waals surface area (Å²) in [6.45, 7) is 3.80. The lowest BCUT2D eigenvalue weighted by molar-refractivity contribution is -0.113. The Bertz CT molecular complexity index is 1060. The van der Waals surface area contributed by atoms with Crippen LogP contribution in [0.3, 0.4) is 0 Å². The number of benzene rings is 2. The molecular formula is C21H20N4O2S. The topological polar surface area (TPSA) is 83.8 Å². The van der Waals surface area contributed by atoms with E-state index in [4.69, 9.17) is 4.52 Å². The molecule has 0 aliphatic carbocycles. The summed E-state index contributed by atoms with van der Waals surface area (Å²) in [4.78, 5) is 20.1. The van der Waals surface area contributed by atoms with Crippen LogP contribution in [0.1, 0.15) is 17.0 Å². The van der Waals surface area contributed by atoms with Crippen LogP contribution in [-0.2, 0) is 10.5 Å². The van der Waals surface area contributed by atoms with Crippen molar-refractivity contribution in [2.24, 2.45) is 0 Å². The van der Waals surface area contributed by atoms with E-state index in [-0.39, 0.29) is 5.91 Å². The molecule has 0 aliphatic heterocycles. The average Bonchev–Trinajstić information content (AvgIpc) is 3.27. The van der Waals surface area contributed by atoms with Gasteiger partial charge in [0.05, 0.1) is 22.5 Å². The first-order valence-electron chi connectivity index (χ1n) is 8.94. The molecule has 0 aliphatic rings. The van der Waals surface area contributed by atoms with Gasteiger partial charge in [0.15, 0.2) is 0 Å². The number of carbonyl (C=O) groups is 1. The molecule has 2 aromatic carbocycles. The van der Waals surface area contributed by atoms with Crippen molar-refractivity contribution >= 4 is 34.4 Å². The van der Waals surface area contributed by atoms with Crippen LogP contribution >= 0.6 is 11.8 Å². The van der Waals surface area contributed by atoms with Crippen molar-refractivity contribution in [3.05, 3.63) is 65.5 Å². The van der Waals surface area contributed by atoms with Gasteiger partial charge in [-0.2, -0.15) is 0 Å². The maximum absolute atomic E-state index is 12.2. The standard InChI is InChI=1S/C21H20N4O2S/c1-13-17(14(2)27-25-13)11-28-12-20(26)22-16-9-7-15(8-10-16)21-23-18-5-3-4-6-19(18)24-21/h3-10H,11-12H2,1-2H3,(H,22,26)(H,23,24). The first-order valence-corrected chi connectivity index (χ1v) is 10.1. The number of aromatic nitrogens is 3. The van der Waals surface area contributed by atoms with Crippen LogP contribution in [0.25, 0.3) is 22.4 Å². The van der Waals surface area contributed by atoms with Gasteiger partial charge < -0.3 is 14.8 Å². The first kappa shape index (κ1) is 18.3. The molecule has 0 atom stereocenters. The highest BCUT2D eigenvalue weighted by molar-refractivity contribution is 7.99. The molecule has 1 amide bonds. The van der Waals surface area contributed by atoms with Crippen molar-refractivity contribution in [2.75, 3.05) is 11.1 Å². The van der Waals surface area contributed by atoms with E-state index in [1.165, 1.54) is 0 Å². The number of carbonyl (C=O) groups excluding carboxylic acids is 1. The summed E-state index contributed by atoms with van der Waals surface area (Å²) in [5.74, 6) is 2.67. The lowest BCUT2D eigenvalue weighted by Gasteiger charge is -2.06. The van der Waals surface area contributed by atoms with Crippen molar-refractivity contribution in [2.45, 2.75) is 19.6 Å². The number of hydrogen-bond acceptors (Lipinski definition) is 5. The van der Waals surface area contributed by atoms with Gasteiger partial charge in [0.1, 0.15) is 11.6 Å². The summed E-state index contributed by atoms with van der Waals surface area (Å²) in [6.07, 6.45) is 0. The first-order chi connectivity index (χ1) is 13.6. The van der Waals surface area contributed by atoms with Gasteiger partial charge in [-0.25, -0.2) is 4.98 Å². The molecule has 0 saturated carbocycles. The van der Waals surface area contributed by atoms with E-state index in [0.29, 0.717) is 11.5 Å². The third-order valence-electron chi connectivity index (χ3n) is 4.49. The normalized spacial score (nSPS) is 11.1. The van der Waals surface area contributed by atoms with Crippen LogP contribution in [0, 0.1) is 13.8 Å². The second-order valence-corrected chi connectivity index (χ2v) is 7.51. The van der Waals surface area contributed by atoms with Gasteiger partial charge >= 0.3 is 0 Å². The maximum atomic E-state index is 12.2. The molecule has 2 N–H and O–H groups in total. The number of hydrogen-bond donors (Lipinski definition) is 2. The van der Waals surface area contributed by atoms with Gasteiger partial charge in [-0.05, 0) is 50.2 Å². The summed E-state index contributed by atoms with van der Waals surface area (Å²) in [6, 6.07) is 15.6. The van der Waals surface area contributed by atoms with Crippen LogP contribution in [0.4, 0.5) is 5.69 Å². The molecule has 2 heterocycles. The van der Waals surface area contributed by atoms with Gasteiger partial charge in [0.2, 0.25) is 5.91 Å². The van der Waals surface area contributed by atoms with E-state index in [1.807, 2.05) is 62.4 Å². The summed E-state index contributed by atoms with van der Waals surface area (Å²) >= 11 is 1.54. The monoisotopic (exact) mass is 392 g/mol. The number of imidazole rings is 1. The Balaban J connectivity index is 1.34. The van der Waals surface area contributed by atoms with Gasteiger partial charge in [-0.1, -0.05) is 17.3 Å². The van der Waals surface area contributed by atoms with E-state index in [1.54, 1.807) is 11.8 Å². The van der Waals surface area contributed by atoms with Crippen molar-refractivity contribution < 1.29 is 9.32 Å². The predicted molar refractivity (Wildman–Crippen MR) is 112 cm³/mol. The van der Waals surface area contributed by atoms with Crippen LogP contribution in [0.15, 0.2) is 53.1 Å². The molecule has 0 fully saturated rings. The minimum Gasteiger partial charge on any atom is -0.361 e. The summed E-state index contributed by atoms with van der Waals surface area (Å²) < 4.78 is 5.14. The fourth-order valence-corrected chi connectivity index (χ4v) is 3.93. The van der Waals surface area contributed by atoms with Crippen LogP contribution in [-0.4, -0.2) is 26.8 Å². The highest BCUT2D eigenvalue weighted by atomic mass is 32.2. The number of H-pyrrole nitrogens is 1. The van der Waals surface area contributed by atoms with Crippen LogP contribution in [0.2, 0.25) is 0 Å². The highest BCUT2D eigenvalue weighted by Crippen LogP contribution is 2.23. The second-order valence-electron chi connectivity index (χ2n) is 6.52. The molecule has 2 aromatic heterocycles. The molecule has 0 bridgehead atoms. The average molecular weight is 392 g/mol. The zero-order valence-electron chi connectivity index (χ0n) is 15.7. The lowest BCUT2D eigenvalue weighted by atomic mass is 10.2. The SMILES string of the molecule is Cc1noc(C)c1CSCC(=O)Nc1ccc(-c2nc3ccccc3[nH]2)cc1. The van der Waals surface area contributed by atoms with Crippen molar-refractivity contribution in [3.63, 3.8) is 0 Å². The Hall–Kier alpha value is -3.06. The quantitative estimate of drug-likeness (QED) is 0.497. The Morgan fingerprint density at radius 3 is 2.64 bits per heavy atom. The Morgan fingerprint density at radius 2 is 1.93 bits per heavy atom. The zero-order chi connectivity index (χ0) is 19.5. The minimum atomic E-state index is -0.0340. The molecule has 0 radical (unpaired) electrons. The number of nitrogens with one attached hydrogen (secondary N) is 2. The number of aromatic amines is 1. The van der Waals surface area contributed by atoms with Crippen molar-refractivity contribution in [1.29, 1.82) is 0 Å². The summed E-state index contributed by atoms with van der Waals surface area (Å²) in [5.41, 5.74) is 5.62. The van der Waals surface area contributed by atoms with Gasteiger partial charge in [-0.3, -0.25) is 4.79 Å². The Labute approximate surface area is 166 Å². The zero-order valence-corrected chi connectivity index (χ0v) is 16.5. The molecule has 4 rings (SSSR count). The third kappa shape index (κ3) is 3.94.